The molecule has 0 aromatic heterocycles. The molecule has 2 rings (SSSR count). The normalized spacial score (nSPS) is 16.9. The van der Waals surface area contributed by atoms with Crippen LogP contribution in [0.3, 0.4) is 0 Å². The fraction of sp³-hybridized carbons (Fsp3) is 0.385. The standard InChI is InChI=1S/C13H17BrN2OS/c14-10-5-1-2-7-13(10)18-9-11(16-15)12-6-3-4-8-17-12/h1-2,5-7,11,16H,3-4,8-9,15H2. The highest BCUT2D eigenvalue weighted by atomic mass is 79.9. The van der Waals surface area contributed by atoms with E-state index in [4.69, 9.17) is 10.6 Å². The van der Waals surface area contributed by atoms with E-state index in [1.807, 2.05) is 18.2 Å². The maximum Gasteiger partial charge on any atom is 0.111 e. The quantitative estimate of drug-likeness (QED) is 0.495. The molecule has 0 saturated carbocycles. The number of thioether (sulfide) groups is 1. The summed E-state index contributed by atoms with van der Waals surface area (Å²) >= 11 is 5.31. The van der Waals surface area contributed by atoms with Crippen LogP contribution in [0.15, 0.2) is 45.5 Å². The maximum absolute atomic E-state index is 5.64. The molecule has 1 heterocycles. The van der Waals surface area contributed by atoms with Gasteiger partial charge in [-0.15, -0.1) is 11.8 Å². The predicted molar refractivity (Wildman–Crippen MR) is 79.2 cm³/mol. The molecule has 1 aromatic carbocycles. The summed E-state index contributed by atoms with van der Waals surface area (Å²) < 4.78 is 6.76. The summed E-state index contributed by atoms with van der Waals surface area (Å²) in [7, 11) is 0. The number of rotatable bonds is 5. The van der Waals surface area contributed by atoms with Crippen molar-refractivity contribution in [1.82, 2.24) is 5.43 Å². The van der Waals surface area contributed by atoms with Crippen LogP contribution in [0, 0.1) is 0 Å². The zero-order valence-electron chi connectivity index (χ0n) is 10.1. The van der Waals surface area contributed by atoms with Crippen LogP contribution in [-0.2, 0) is 4.74 Å². The molecule has 18 heavy (non-hydrogen) atoms. The van der Waals surface area contributed by atoms with Gasteiger partial charge >= 0.3 is 0 Å². The van der Waals surface area contributed by atoms with Gasteiger partial charge in [0.15, 0.2) is 0 Å². The molecule has 0 bridgehead atoms. The Balaban J connectivity index is 1.95. The number of hydrogen-bond donors (Lipinski definition) is 2. The van der Waals surface area contributed by atoms with Crippen molar-refractivity contribution >= 4 is 27.7 Å². The Bertz CT molecular complexity index is 425. The van der Waals surface area contributed by atoms with E-state index >= 15 is 0 Å². The molecule has 1 atom stereocenters. The van der Waals surface area contributed by atoms with Gasteiger partial charge in [0.25, 0.3) is 0 Å². The van der Waals surface area contributed by atoms with Gasteiger partial charge in [0.2, 0.25) is 0 Å². The van der Waals surface area contributed by atoms with Crippen molar-refractivity contribution < 1.29 is 4.74 Å². The van der Waals surface area contributed by atoms with Gasteiger partial charge in [-0.05, 0) is 47.0 Å². The van der Waals surface area contributed by atoms with E-state index in [-0.39, 0.29) is 6.04 Å². The molecule has 0 saturated heterocycles. The monoisotopic (exact) mass is 328 g/mol. The summed E-state index contributed by atoms with van der Waals surface area (Å²) in [4.78, 5) is 1.22. The minimum Gasteiger partial charge on any atom is -0.497 e. The van der Waals surface area contributed by atoms with Crippen molar-refractivity contribution in [2.45, 2.75) is 23.8 Å². The van der Waals surface area contributed by atoms with Gasteiger partial charge in [-0.25, -0.2) is 5.43 Å². The Morgan fingerprint density at radius 2 is 2.28 bits per heavy atom. The second-order valence-corrected chi connectivity index (χ2v) is 5.97. The largest absolute Gasteiger partial charge is 0.497 e. The molecule has 0 spiro atoms. The SMILES string of the molecule is NNC(CSc1ccccc1Br)C1=CCCCO1. The molecule has 1 unspecified atom stereocenters. The lowest BCUT2D eigenvalue weighted by Crippen LogP contribution is -2.39. The molecule has 1 aromatic rings. The van der Waals surface area contributed by atoms with E-state index in [1.165, 1.54) is 4.90 Å². The molecule has 1 aliphatic rings. The molecule has 1 aliphatic heterocycles. The van der Waals surface area contributed by atoms with Gasteiger partial charge in [0, 0.05) is 15.1 Å². The van der Waals surface area contributed by atoms with Crippen LogP contribution in [0.4, 0.5) is 0 Å². The summed E-state index contributed by atoms with van der Waals surface area (Å²) in [6.07, 6.45) is 4.31. The molecule has 0 amide bonds. The maximum atomic E-state index is 5.64. The van der Waals surface area contributed by atoms with E-state index in [9.17, 15) is 0 Å². The van der Waals surface area contributed by atoms with Crippen LogP contribution in [0.25, 0.3) is 0 Å². The number of hydrogen-bond acceptors (Lipinski definition) is 4. The molecule has 5 heteroatoms. The highest BCUT2D eigenvalue weighted by Crippen LogP contribution is 2.28. The highest BCUT2D eigenvalue weighted by Gasteiger charge is 2.17. The first-order valence-corrected chi connectivity index (χ1v) is 7.75. The Labute approximate surface area is 120 Å². The topological polar surface area (TPSA) is 47.3 Å². The smallest absolute Gasteiger partial charge is 0.111 e. The van der Waals surface area contributed by atoms with E-state index in [2.05, 4.69) is 33.5 Å². The Morgan fingerprint density at radius 1 is 1.44 bits per heavy atom. The third-order valence-electron chi connectivity index (χ3n) is 2.75. The van der Waals surface area contributed by atoms with Gasteiger partial charge in [0.05, 0.1) is 12.6 Å². The van der Waals surface area contributed by atoms with Gasteiger partial charge in [-0.2, -0.15) is 0 Å². The fourth-order valence-electron chi connectivity index (χ4n) is 1.77. The van der Waals surface area contributed by atoms with Crippen molar-refractivity contribution in [3.63, 3.8) is 0 Å². The zero-order chi connectivity index (χ0) is 12.8. The van der Waals surface area contributed by atoms with E-state index in [1.54, 1.807) is 11.8 Å². The van der Waals surface area contributed by atoms with Crippen LogP contribution in [0.2, 0.25) is 0 Å². The molecular formula is C13H17BrN2OS. The Morgan fingerprint density at radius 3 is 2.94 bits per heavy atom. The molecule has 98 valence electrons. The first-order valence-electron chi connectivity index (χ1n) is 5.97. The van der Waals surface area contributed by atoms with Crippen molar-refractivity contribution in [2.75, 3.05) is 12.4 Å². The average Bonchev–Trinajstić information content (AvgIpc) is 2.42. The predicted octanol–water partition coefficient (Wildman–Crippen LogP) is 3.07. The zero-order valence-corrected chi connectivity index (χ0v) is 12.5. The number of allylic oxidation sites excluding steroid dienone is 1. The third-order valence-corrected chi connectivity index (χ3v) is 4.87. The second kappa shape index (κ2) is 7.19. The number of hydrazine groups is 1. The molecule has 0 fully saturated rings. The minimum absolute atomic E-state index is 0.0717. The van der Waals surface area contributed by atoms with Crippen molar-refractivity contribution in [1.29, 1.82) is 0 Å². The summed E-state index contributed by atoms with van der Waals surface area (Å²) in [5.41, 5.74) is 2.83. The van der Waals surface area contributed by atoms with Gasteiger partial charge in [0.1, 0.15) is 5.76 Å². The third kappa shape index (κ3) is 3.75. The van der Waals surface area contributed by atoms with E-state index in [0.717, 1.165) is 35.4 Å². The molecule has 0 radical (unpaired) electrons. The van der Waals surface area contributed by atoms with Crippen molar-refractivity contribution in [3.8, 4) is 0 Å². The Hall–Kier alpha value is -0.490. The first kappa shape index (κ1) is 13.9. The number of nitrogens with one attached hydrogen (secondary N) is 1. The van der Waals surface area contributed by atoms with Crippen LogP contribution >= 0.6 is 27.7 Å². The van der Waals surface area contributed by atoms with Gasteiger partial charge in [-0.3, -0.25) is 5.84 Å². The highest BCUT2D eigenvalue weighted by molar-refractivity contribution is 9.10. The lowest BCUT2D eigenvalue weighted by molar-refractivity contribution is 0.172. The molecule has 0 aliphatic carbocycles. The Kier molecular flexibility index (Phi) is 5.56. The summed E-state index contributed by atoms with van der Waals surface area (Å²) in [6, 6.07) is 8.26. The van der Waals surface area contributed by atoms with E-state index < -0.39 is 0 Å². The van der Waals surface area contributed by atoms with Crippen molar-refractivity contribution in [2.24, 2.45) is 5.84 Å². The number of benzene rings is 1. The summed E-state index contributed by atoms with van der Waals surface area (Å²) in [5.74, 6) is 7.44. The summed E-state index contributed by atoms with van der Waals surface area (Å²) in [6.45, 7) is 0.795. The van der Waals surface area contributed by atoms with Crippen LogP contribution < -0.4 is 11.3 Å². The van der Waals surface area contributed by atoms with Crippen LogP contribution in [0.5, 0.6) is 0 Å². The van der Waals surface area contributed by atoms with E-state index in [0.29, 0.717) is 0 Å². The van der Waals surface area contributed by atoms with Gasteiger partial charge < -0.3 is 4.74 Å². The number of ether oxygens (including phenoxy) is 1. The molecule has 3 nitrogen and oxygen atoms in total. The lowest BCUT2D eigenvalue weighted by atomic mass is 10.2. The lowest BCUT2D eigenvalue weighted by Gasteiger charge is -2.23. The minimum atomic E-state index is 0.0717. The van der Waals surface area contributed by atoms with Crippen LogP contribution in [-0.4, -0.2) is 18.4 Å². The molecular weight excluding hydrogens is 312 g/mol. The number of nitrogens with two attached hydrogens (primary N) is 1. The fourth-order valence-corrected chi connectivity index (χ4v) is 3.38. The molecule has 3 N–H and O–H groups in total. The van der Waals surface area contributed by atoms with Crippen LogP contribution in [0.1, 0.15) is 12.8 Å². The average molecular weight is 329 g/mol. The number of halogens is 1. The van der Waals surface area contributed by atoms with Crippen molar-refractivity contribution in [3.05, 3.63) is 40.6 Å². The summed E-state index contributed by atoms with van der Waals surface area (Å²) in [5, 5.41) is 0. The second-order valence-electron chi connectivity index (χ2n) is 4.06. The van der Waals surface area contributed by atoms with Gasteiger partial charge in [-0.1, -0.05) is 12.1 Å². The first-order chi connectivity index (χ1) is 8.81.